The highest BCUT2D eigenvalue weighted by atomic mass is 19.3. The molecule has 24 heavy (non-hydrogen) atoms. The van der Waals surface area contributed by atoms with Gasteiger partial charge >= 0.3 is 11.8 Å². The molecule has 0 unspecified atom stereocenters. The molecule has 0 aliphatic heterocycles. The Morgan fingerprint density at radius 1 is 0.833 bits per heavy atom. The zero-order valence-corrected chi connectivity index (χ0v) is 12.3. The van der Waals surface area contributed by atoms with Crippen molar-refractivity contribution in [2.45, 2.75) is 25.7 Å². The van der Waals surface area contributed by atoms with Crippen LogP contribution >= 0.6 is 0 Å². The molecule has 1 rings (SSSR count). The maximum Gasteiger partial charge on any atom is 0.302 e. The number of nitrogens with zero attached hydrogens (tertiary/aromatic N) is 2. The minimum atomic E-state index is -4.27. The van der Waals surface area contributed by atoms with Crippen LogP contribution in [0.3, 0.4) is 0 Å². The topological polar surface area (TPSA) is 127 Å². The van der Waals surface area contributed by atoms with Crippen molar-refractivity contribution in [1.82, 2.24) is 0 Å². The number of nitro groups is 2. The first kappa shape index (κ1) is 19.7. The van der Waals surface area contributed by atoms with Gasteiger partial charge in [-0.2, -0.15) is 17.6 Å². The number of rotatable bonds is 6. The molecule has 0 radical (unpaired) electrons. The molecule has 134 valence electrons. The molecule has 0 spiro atoms. The fourth-order valence-corrected chi connectivity index (χ4v) is 2.48. The molecule has 1 aromatic carbocycles. The van der Waals surface area contributed by atoms with Crippen LogP contribution in [0.2, 0.25) is 0 Å². The molecule has 0 fully saturated rings. The van der Waals surface area contributed by atoms with Crippen LogP contribution in [-0.2, 0) is 11.8 Å². The Morgan fingerprint density at radius 2 is 1.08 bits per heavy atom. The van der Waals surface area contributed by atoms with Gasteiger partial charge in [-0.25, -0.2) is 0 Å². The van der Waals surface area contributed by atoms with Gasteiger partial charge in [0.15, 0.2) is 0 Å². The van der Waals surface area contributed by atoms with E-state index in [0.29, 0.717) is 13.8 Å². The second-order valence-electron chi connectivity index (χ2n) is 4.94. The van der Waals surface area contributed by atoms with Crippen molar-refractivity contribution in [3.8, 4) is 0 Å². The summed E-state index contributed by atoms with van der Waals surface area (Å²) in [5.41, 5.74) is -8.15. The van der Waals surface area contributed by atoms with Gasteiger partial charge in [0.2, 0.25) is 0 Å². The first-order valence-electron chi connectivity index (χ1n) is 6.27. The number of aliphatic hydroxyl groups excluding tert-OH is 2. The third-order valence-corrected chi connectivity index (χ3v) is 3.43. The van der Waals surface area contributed by atoms with Gasteiger partial charge < -0.3 is 10.2 Å². The highest BCUT2D eigenvalue weighted by molar-refractivity contribution is 5.67. The molecule has 0 aliphatic carbocycles. The van der Waals surface area contributed by atoms with E-state index in [2.05, 4.69) is 0 Å². The molecule has 2 N–H and O–H groups in total. The molecule has 0 aromatic heterocycles. The zero-order chi connectivity index (χ0) is 19.0. The third kappa shape index (κ3) is 3.01. The minimum absolute atomic E-state index is 0.639. The van der Waals surface area contributed by atoms with E-state index in [4.69, 9.17) is 10.2 Å². The summed E-state index contributed by atoms with van der Waals surface area (Å²) in [4.78, 5) is 19.5. The highest BCUT2D eigenvalue weighted by Crippen LogP contribution is 2.49. The van der Waals surface area contributed by atoms with Crippen LogP contribution in [0.5, 0.6) is 0 Å². The van der Waals surface area contributed by atoms with E-state index in [1.54, 1.807) is 0 Å². The van der Waals surface area contributed by atoms with Crippen LogP contribution in [0, 0.1) is 34.1 Å². The predicted octanol–water partition coefficient (Wildman–Crippen LogP) is 2.29. The molecular weight excluding hydrogens is 344 g/mol. The van der Waals surface area contributed by atoms with E-state index < -0.39 is 68.5 Å². The lowest BCUT2D eigenvalue weighted by Crippen LogP contribution is -2.27. The summed E-state index contributed by atoms with van der Waals surface area (Å²) < 4.78 is 55.5. The van der Waals surface area contributed by atoms with Gasteiger partial charge in [-0.3, -0.25) is 20.2 Å². The second kappa shape index (κ2) is 6.28. The molecule has 0 saturated carbocycles. The van der Waals surface area contributed by atoms with Crippen molar-refractivity contribution >= 4 is 11.4 Å². The lowest BCUT2D eigenvalue weighted by Gasteiger charge is -2.22. The molecule has 0 aliphatic rings. The van der Waals surface area contributed by atoms with Crippen molar-refractivity contribution in [3.05, 3.63) is 42.5 Å². The van der Waals surface area contributed by atoms with Crippen LogP contribution < -0.4 is 0 Å². The van der Waals surface area contributed by atoms with Crippen LogP contribution in [0.4, 0.5) is 28.9 Å². The SMILES string of the molecule is Cc1c([N+](=O)[O-])c(C(F)(F)CO)c(C)c([N+](=O)[O-])c1C(F)(F)CO. The molecule has 0 heterocycles. The van der Waals surface area contributed by atoms with Gasteiger partial charge in [-0.05, 0) is 13.8 Å². The summed E-state index contributed by atoms with van der Waals surface area (Å²) >= 11 is 0. The average molecular weight is 356 g/mol. The fourth-order valence-electron chi connectivity index (χ4n) is 2.48. The lowest BCUT2D eigenvalue weighted by atomic mass is 9.88. The summed E-state index contributed by atoms with van der Waals surface area (Å²) in [5.74, 6) is -8.54. The Morgan fingerprint density at radius 3 is 1.25 bits per heavy atom. The molecule has 0 amide bonds. The van der Waals surface area contributed by atoms with Crippen molar-refractivity contribution in [2.75, 3.05) is 13.2 Å². The van der Waals surface area contributed by atoms with Crippen LogP contribution in [0.25, 0.3) is 0 Å². The number of benzene rings is 1. The molecule has 0 bridgehead atoms. The zero-order valence-electron chi connectivity index (χ0n) is 12.3. The molecular formula is C12H12F4N2O6. The monoisotopic (exact) mass is 356 g/mol. The lowest BCUT2D eigenvalue weighted by molar-refractivity contribution is -0.393. The van der Waals surface area contributed by atoms with Gasteiger partial charge in [0.1, 0.15) is 24.3 Å². The number of hydrogen-bond donors (Lipinski definition) is 2. The average Bonchev–Trinajstić information content (AvgIpc) is 2.47. The quantitative estimate of drug-likeness (QED) is 0.457. The van der Waals surface area contributed by atoms with E-state index in [1.165, 1.54) is 0 Å². The third-order valence-electron chi connectivity index (χ3n) is 3.43. The largest absolute Gasteiger partial charge is 0.390 e. The number of halogens is 4. The van der Waals surface area contributed by atoms with E-state index in [1.807, 2.05) is 0 Å². The van der Waals surface area contributed by atoms with E-state index >= 15 is 0 Å². The van der Waals surface area contributed by atoms with Crippen LogP contribution in [0.1, 0.15) is 22.3 Å². The Balaban J connectivity index is 4.19. The van der Waals surface area contributed by atoms with E-state index in [9.17, 15) is 37.8 Å². The van der Waals surface area contributed by atoms with Gasteiger partial charge in [0.25, 0.3) is 11.4 Å². The summed E-state index contributed by atoms with van der Waals surface area (Å²) in [6.45, 7) is -2.55. The van der Waals surface area contributed by atoms with Crippen molar-refractivity contribution in [1.29, 1.82) is 0 Å². The second-order valence-corrected chi connectivity index (χ2v) is 4.94. The van der Waals surface area contributed by atoms with Crippen LogP contribution in [-0.4, -0.2) is 33.3 Å². The van der Waals surface area contributed by atoms with Gasteiger partial charge in [-0.1, -0.05) is 0 Å². The number of alkyl halides is 4. The van der Waals surface area contributed by atoms with Crippen molar-refractivity contribution in [3.63, 3.8) is 0 Å². The maximum atomic E-state index is 13.9. The number of aliphatic hydroxyl groups is 2. The Labute approximate surface area is 131 Å². The normalized spacial score (nSPS) is 12.3. The molecule has 0 saturated heterocycles. The maximum absolute atomic E-state index is 13.9. The van der Waals surface area contributed by atoms with E-state index in [0.717, 1.165) is 0 Å². The van der Waals surface area contributed by atoms with Crippen molar-refractivity contribution < 1.29 is 37.6 Å². The first-order valence-corrected chi connectivity index (χ1v) is 6.27. The smallest absolute Gasteiger partial charge is 0.302 e. The number of hydrogen-bond acceptors (Lipinski definition) is 6. The standard InChI is InChI=1S/C12H12F4N2O6/c1-5-7(11(13,14)3-19)10(18(23)24)6(2)8(9(5)17(21)22)12(15,16)4-20/h19-20H,3-4H2,1-2H3. The molecule has 12 heteroatoms. The first-order chi connectivity index (χ1) is 10.8. The predicted molar refractivity (Wildman–Crippen MR) is 71.2 cm³/mol. The fraction of sp³-hybridized carbons (Fsp3) is 0.500. The van der Waals surface area contributed by atoms with E-state index in [-0.39, 0.29) is 0 Å². The summed E-state index contributed by atoms with van der Waals surface area (Å²) in [5, 5.41) is 39.7. The Hall–Kier alpha value is -2.34. The Kier molecular flexibility index (Phi) is 5.16. The van der Waals surface area contributed by atoms with Crippen molar-refractivity contribution in [2.24, 2.45) is 0 Å². The summed E-state index contributed by atoms with van der Waals surface area (Å²) in [6.07, 6.45) is 0. The van der Waals surface area contributed by atoms with Gasteiger partial charge in [-0.15, -0.1) is 0 Å². The molecule has 8 nitrogen and oxygen atoms in total. The summed E-state index contributed by atoms with van der Waals surface area (Å²) in [7, 11) is 0. The highest BCUT2D eigenvalue weighted by Gasteiger charge is 2.50. The summed E-state index contributed by atoms with van der Waals surface area (Å²) in [6, 6.07) is 0. The molecule has 0 atom stereocenters. The van der Waals surface area contributed by atoms with Gasteiger partial charge in [0.05, 0.1) is 9.85 Å². The number of nitro benzene ring substituents is 2. The minimum Gasteiger partial charge on any atom is -0.390 e. The molecule has 1 aromatic rings. The van der Waals surface area contributed by atoms with Crippen LogP contribution in [0.15, 0.2) is 0 Å². The van der Waals surface area contributed by atoms with Gasteiger partial charge in [0, 0.05) is 11.1 Å². The Bertz CT molecular complexity index is 648.